The van der Waals surface area contributed by atoms with Crippen LogP contribution in [0.25, 0.3) is 0 Å². The highest BCUT2D eigenvalue weighted by molar-refractivity contribution is 6.04. The van der Waals surface area contributed by atoms with Gasteiger partial charge in [0.2, 0.25) is 0 Å². The number of hydrogen-bond acceptors (Lipinski definition) is 3. The van der Waals surface area contributed by atoms with Crippen LogP contribution in [0.3, 0.4) is 0 Å². The van der Waals surface area contributed by atoms with Crippen molar-refractivity contribution in [1.29, 1.82) is 0 Å². The third kappa shape index (κ3) is 0.556. The van der Waals surface area contributed by atoms with Crippen LogP contribution in [0, 0.1) is 0 Å². The van der Waals surface area contributed by atoms with E-state index in [1.54, 1.807) is 0 Å². The first-order valence-corrected chi connectivity index (χ1v) is 2.10. The summed E-state index contributed by atoms with van der Waals surface area (Å²) in [5.41, 5.74) is 5.34. The number of carbonyl (C=O) groups is 1. The van der Waals surface area contributed by atoms with E-state index in [0.29, 0.717) is 5.70 Å². The molecule has 0 saturated heterocycles. The summed E-state index contributed by atoms with van der Waals surface area (Å²) in [5, 5.41) is 2.55. The Morgan fingerprint density at radius 1 is 1.88 bits per heavy atom. The molecule has 42 valence electrons. The maximum absolute atomic E-state index is 10.4. The number of hydrogen-bond donors (Lipinski definition) is 2. The van der Waals surface area contributed by atoms with E-state index in [1.807, 2.05) is 0 Å². The van der Waals surface area contributed by atoms with E-state index in [9.17, 15) is 4.79 Å². The van der Waals surface area contributed by atoms with Crippen molar-refractivity contribution in [3.05, 3.63) is 11.9 Å². The molecule has 4 heteroatoms. The van der Waals surface area contributed by atoms with Gasteiger partial charge in [0.15, 0.2) is 0 Å². The number of nitrogens with two attached hydrogens (primary N) is 1. The van der Waals surface area contributed by atoms with Crippen molar-refractivity contribution >= 4 is 12.2 Å². The summed E-state index contributed by atoms with van der Waals surface area (Å²) in [4.78, 5) is 13.8. The molecule has 0 atom stereocenters. The lowest BCUT2D eigenvalue weighted by atomic mass is 10.5. The van der Waals surface area contributed by atoms with Crippen molar-refractivity contribution < 1.29 is 4.79 Å². The number of amides is 1. The van der Waals surface area contributed by atoms with Gasteiger partial charge in [0.1, 0.15) is 5.70 Å². The van der Waals surface area contributed by atoms with Gasteiger partial charge >= 0.3 is 0 Å². The Balaban J connectivity index is 2.79. The average Bonchev–Trinajstić information content (AvgIpc) is 2.14. The third-order valence-electron chi connectivity index (χ3n) is 0.799. The van der Waals surface area contributed by atoms with E-state index in [1.165, 1.54) is 12.5 Å². The SMILES string of the molecule is NC=C1NC=NC1=O. The van der Waals surface area contributed by atoms with Crippen molar-refractivity contribution in [2.24, 2.45) is 10.7 Å². The number of nitrogens with one attached hydrogen (secondary N) is 1. The summed E-state index contributed by atoms with van der Waals surface area (Å²) < 4.78 is 0. The highest BCUT2D eigenvalue weighted by Gasteiger charge is 2.09. The lowest BCUT2D eigenvalue weighted by Crippen LogP contribution is -2.09. The van der Waals surface area contributed by atoms with Gasteiger partial charge in [-0.25, -0.2) is 0 Å². The Bertz CT molecular complexity index is 170. The zero-order valence-corrected chi connectivity index (χ0v) is 4.09. The zero-order chi connectivity index (χ0) is 5.98. The fourth-order valence-corrected chi connectivity index (χ4v) is 0.411. The highest BCUT2D eigenvalue weighted by Crippen LogP contribution is 1.93. The monoisotopic (exact) mass is 111 g/mol. The van der Waals surface area contributed by atoms with Crippen molar-refractivity contribution in [3.8, 4) is 0 Å². The van der Waals surface area contributed by atoms with Crippen LogP contribution in [0.5, 0.6) is 0 Å². The van der Waals surface area contributed by atoms with Gasteiger partial charge < -0.3 is 11.1 Å². The van der Waals surface area contributed by atoms with Gasteiger partial charge in [-0.2, -0.15) is 4.99 Å². The third-order valence-corrected chi connectivity index (χ3v) is 0.799. The van der Waals surface area contributed by atoms with E-state index in [2.05, 4.69) is 10.3 Å². The number of rotatable bonds is 0. The van der Waals surface area contributed by atoms with Crippen LogP contribution in [0.1, 0.15) is 0 Å². The van der Waals surface area contributed by atoms with E-state index < -0.39 is 0 Å². The second-order valence-electron chi connectivity index (χ2n) is 1.29. The first kappa shape index (κ1) is 4.83. The Hall–Kier alpha value is -1.32. The first-order chi connectivity index (χ1) is 3.84. The van der Waals surface area contributed by atoms with Crippen LogP contribution < -0.4 is 11.1 Å². The van der Waals surface area contributed by atoms with Crippen molar-refractivity contribution in [2.75, 3.05) is 0 Å². The van der Waals surface area contributed by atoms with Gasteiger partial charge in [0.25, 0.3) is 5.91 Å². The van der Waals surface area contributed by atoms with Gasteiger partial charge in [-0.05, 0) is 0 Å². The van der Waals surface area contributed by atoms with E-state index in [-0.39, 0.29) is 5.91 Å². The van der Waals surface area contributed by atoms with E-state index >= 15 is 0 Å². The Morgan fingerprint density at radius 2 is 2.62 bits per heavy atom. The standard InChI is InChI=1S/C4H5N3O/c5-1-3-4(8)7-2-6-3/h1-2H,5H2,(H,6,7,8). The normalized spacial score (nSPS) is 22.0. The minimum atomic E-state index is -0.312. The quantitative estimate of drug-likeness (QED) is 0.392. The number of nitrogens with zero attached hydrogens (tertiary/aromatic N) is 1. The molecule has 0 aromatic carbocycles. The molecule has 1 aliphatic heterocycles. The van der Waals surface area contributed by atoms with Crippen molar-refractivity contribution in [3.63, 3.8) is 0 Å². The van der Waals surface area contributed by atoms with Gasteiger partial charge in [-0.1, -0.05) is 0 Å². The maximum atomic E-state index is 10.4. The zero-order valence-electron chi connectivity index (χ0n) is 4.09. The van der Waals surface area contributed by atoms with Crippen LogP contribution in [-0.4, -0.2) is 12.2 Å². The Kier molecular flexibility index (Phi) is 0.997. The topological polar surface area (TPSA) is 67.5 Å². The molecule has 0 saturated carbocycles. The summed E-state index contributed by atoms with van der Waals surface area (Å²) in [6.07, 6.45) is 2.50. The van der Waals surface area contributed by atoms with Gasteiger partial charge in [-0.3, -0.25) is 4.79 Å². The molecule has 4 nitrogen and oxygen atoms in total. The minimum absolute atomic E-state index is 0.312. The molecule has 1 aliphatic rings. The summed E-state index contributed by atoms with van der Waals surface area (Å²) in [6.45, 7) is 0. The molecule has 8 heavy (non-hydrogen) atoms. The van der Waals surface area contributed by atoms with Crippen LogP contribution in [-0.2, 0) is 4.79 Å². The molecule has 1 amide bonds. The summed E-state index contributed by atoms with van der Waals surface area (Å²) in [5.74, 6) is -0.312. The molecular formula is C4H5N3O. The molecule has 1 heterocycles. The largest absolute Gasteiger partial charge is 0.403 e. The molecule has 1 rings (SSSR count). The van der Waals surface area contributed by atoms with Crippen molar-refractivity contribution in [1.82, 2.24) is 5.32 Å². The first-order valence-electron chi connectivity index (χ1n) is 2.10. The van der Waals surface area contributed by atoms with E-state index in [4.69, 9.17) is 5.73 Å². The fraction of sp³-hybridized carbons (Fsp3) is 0. The predicted octanol–water partition coefficient (Wildman–Crippen LogP) is -1.06. The highest BCUT2D eigenvalue weighted by atomic mass is 16.1. The fourth-order valence-electron chi connectivity index (χ4n) is 0.411. The molecule has 0 aromatic rings. The molecule has 0 bridgehead atoms. The molecular weight excluding hydrogens is 106 g/mol. The van der Waals surface area contributed by atoms with Gasteiger partial charge in [-0.15, -0.1) is 0 Å². The second kappa shape index (κ2) is 1.65. The smallest absolute Gasteiger partial charge is 0.296 e. The molecule has 0 aliphatic carbocycles. The van der Waals surface area contributed by atoms with Crippen LogP contribution in [0.2, 0.25) is 0 Å². The summed E-state index contributed by atoms with van der Waals surface area (Å²) >= 11 is 0. The minimum Gasteiger partial charge on any atom is -0.403 e. The van der Waals surface area contributed by atoms with Crippen LogP contribution in [0.15, 0.2) is 16.9 Å². The predicted molar refractivity (Wildman–Crippen MR) is 28.9 cm³/mol. The number of aliphatic imine (C=N–C) groups is 1. The molecule has 0 radical (unpaired) electrons. The Labute approximate surface area is 46.1 Å². The Morgan fingerprint density at radius 3 is 2.88 bits per heavy atom. The average molecular weight is 111 g/mol. The molecule has 0 aromatic heterocycles. The second-order valence-corrected chi connectivity index (χ2v) is 1.29. The van der Waals surface area contributed by atoms with E-state index in [0.717, 1.165) is 0 Å². The summed E-state index contributed by atoms with van der Waals surface area (Å²) in [6, 6.07) is 0. The molecule has 3 N–H and O–H groups in total. The van der Waals surface area contributed by atoms with Gasteiger partial charge in [0, 0.05) is 6.20 Å². The lowest BCUT2D eigenvalue weighted by molar-refractivity contribution is -0.114. The summed E-state index contributed by atoms with van der Waals surface area (Å²) in [7, 11) is 0. The lowest BCUT2D eigenvalue weighted by Gasteiger charge is -1.86. The molecule has 0 fully saturated rings. The molecule has 0 unspecified atom stereocenters. The van der Waals surface area contributed by atoms with Crippen molar-refractivity contribution in [2.45, 2.75) is 0 Å². The van der Waals surface area contributed by atoms with Crippen LogP contribution >= 0.6 is 0 Å². The maximum Gasteiger partial charge on any atom is 0.296 e. The van der Waals surface area contributed by atoms with Gasteiger partial charge in [0.05, 0.1) is 6.34 Å². The molecule has 0 spiro atoms. The van der Waals surface area contributed by atoms with Crippen LogP contribution in [0.4, 0.5) is 0 Å². The number of carbonyl (C=O) groups excluding carboxylic acids is 1.